The van der Waals surface area contributed by atoms with Crippen LogP contribution in [0.1, 0.15) is 20.8 Å². The van der Waals surface area contributed by atoms with Crippen molar-refractivity contribution in [3.05, 3.63) is 48.5 Å². The van der Waals surface area contributed by atoms with Gasteiger partial charge >= 0.3 is 0 Å². The van der Waals surface area contributed by atoms with Gasteiger partial charge in [0.1, 0.15) is 17.2 Å². The molecule has 0 amide bonds. The Labute approximate surface area is 142 Å². The summed E-state index contributed by atoms with van der Waals surface area (Å²) in [5, 5.41) is 6.96. The molecule has 0 spiro atoms. The van der Waals surface area contributed by atoms with Gasteiger partial charge in [0.15, 0.2) is 5.11 Å². The van der Waals surface area contributed by atoms with Gasteiger partial charge < -0.3 is 20.1 Å². The van der Waals surface area contributed by atoms with E-state index in [1.165, 1.54) is 0 Å². The topological polar surface area (TPSA) is 42.5 Å². The molecule has 0 radical (unpaired) electrons. The van der Waals surface area contributed by atoms with Gasteiger partial charge in [-0.25, -0.2) is 0 Å². The Hall–Kier alpha value is -2.27. The minimum absolute atomic E-state index is 0.0680. The van der Waals surface area contributed by atoms with Gasteiger partial charge in [-0.3, -0.25) is 0 Å². The van der Waals surface area contributed by atoms with Crippen LogP contribution in [-0.2, 0) is 0 Å². The summed E-state index contributed by atoms with van der Waals surface area (Å²) >= 11 is 5.28. The summed E-state index contributed by atoms with van der Waals surface area (Å²) in [4.78, 5) is 0. The van der Waals surface area contributed by atoms with Crippen molar-refractivity contribution in [1.29, 1.82) is 0 Å². The van der Waals surface area contributed by atoms with E-state index in [0.29, 0.717) is 5.11 Å². The smallest absolute Gasteiger partial charge is 0.171 e. The van der Waals surface area contributed by atoms with Crippen LogP contribution in [-0.4, -0.2) is 17.8 Å². The molecule has 5 heteroatoms. The number of hydrogen-bond acceptors (Lipinski definition) is 3. The average molecular weight is 330 g/mol. The quantitative estimate of drug-likeness (QED) is 0.804. The van der Waals surface area contributed by atoms with E-state index in [2.05, 4.69) is 31.4 Å². The molecule has 0 atom stereocenters. The van der Waals surface area contributed by atoms with Crippen LogP contribution in [0.15, 0.2) is 48.5 Å². The third kappa shape index (κ3) is 5.79. The van der Waals surface area contributed by atoms with Crippen LogP contribution in [0.2, 0.25) is 0 Å². The second-order valence-electron chi connectivity index (χ2n) is 6.13. The van der Waals surface area contributed by atoms with Crippen molar-refractivity contribution in [2.24, 2.45) is 0 Å². The van der Waals surface area contributed by atoms with Crippen LogP contribution in [0.3, 0.4) is 0 Å². The van der Waals surface area contributed by atoms with Gasteiger partial charge in [0.2, 0.25) is 0 Å². The number of rotatable bonds is 4. The molecule has 0 fully saturated rings. The molecule has 0 bridgehead atoms. The Balaban J connectivity index is 1.94. The Morgan fingerprint density at radius 2 is 1.35 bits per heavy atom. The molecule has 0 saturated heterocycles. The van der Waals surface area contributed by atoms with Crippen LogP contribution in [0, 0.1) is 0 Å². The van der Waals surface area contributed by atoms with Crippen molar-refractivity contribution in [2.75, 3.05) is 12.4 Å². The highest BCUT2D eigenvalue weighted by molar-refractivity contribution is 7.80. The van der Waals surface area contributed by atoms with Crippen LogP contribution < -0.4 is 20.1 Å². The lowest BCUT2D eigenvalue weighted by Gasteiger charge is -2.23. The maximum absolute atomic E-state index is 5.79. The molecule has 2 rings (SSSR count). The van der Waals surface area contributed by atoms with E-state index < -0.39 is 0 Å². The predicted octanol–water partition coefficient (Wildman–Crippen LogP) is 4.57. The highest BCUT2D eigenvalue weighted by Crippen LogP contribution is 2.24. The summed E-state index contributed by atoms with van der Waals surface area (Å²) in [6.07, 6.45) is 0. The molecule has 0 aromatic heterocycles. The number of nitrogens with one attached hydrogen (secondary N) is 2. The van der Waals surface area contributed by atoms with Crippen molar-refractivity contribution < 1.29 is 9.47 Å². The van der Waals surface area contributed by atoms with E-state index in [0.717, 1.165) is 22.9 Å². The van der Waals surface area contributed by atoms with Crippen molar-refractivity contribution in [3.8, 4) is 17.2 Å². The monoisotopic (exact) mass is 330 g/mol. The van der Waals surface area contributed by atoms with Crippen molar-refractivity contribution in [2.45, 2.75) is 26.3 Å². The number of anilines is 1. The Bertz CT molecular complexity index is 646. The summed E-state index contributed by atoms with van der Waals surface area (Å²) in [6, 6.07) is 15.1. The zero-order valence-corrected chi connectivity index (χ0v) is 14.7. The van der Waals surface area contributed by atoms with E-state index in [4.69, 9.17) is 21.7 Å². The first kappa shape index (κ1) is 17.1. The number of ether oxygens (including phenoxy) is 2. The molecule has 2 N–H and O–H groups in total. The lowest BCUT2D eigenvalue weighted by atomic mass is 10.1. The number of hydrogen-bond donors (Lipinski definition) is 2. The fourth-order valence-corrected chi connectivity index (χ4v) is 2.31. The molecule has 0 heterocycles. The molecule has 122 valence electrons. The molecule has 4 nitrogen and oxygen atoms in total. The fraction of sp³-hybridized carbons (Fsp3) is 0.278. The van der Waals surface area contributed by atoms with Crippen molar-refractivity contribution >= 4 is 23.0 Å². The predicted molar refractivity (Wildman–Crippen MR) is 98.6 cm³/mol. The molecule has 0 aliphatic heterocycles. The Morgan fingerprint density at radius 1 is 0.870 bits per heavy atom. The number of benzene rings is 2. The molecule has 0 aliphatic rings. The first-order chi connectivity index (χ1) is 10.9. The number of thiocarbonyl (C=S) groups is 1. The standard InChI is InChI=1S/C18H22N2O2S/c1-18(2,3)20-17(23)19-13-5-7-15(8-6-13)22-16-11-9-14(21-4)10-12-16/h5-12H,1-4H3,(H2,19,20,23). The van der Waals surface area contributed by atoms with Crippen LogP contribution in [0.25, 0.3) is 0 Å². The van der Waals surface area contributed by atoms with Gasteiger partial charge in [-0.2, -0.15) is 0 Å². The SMILES string of the molecule is COc1ccc(Oc2ccc(NC(=S)NC(C)(C)C)cc2)cc1. The van der Waals surface area contributed by atoms with Crippen molar-refractivity contribution in [1.82, 2.24) is 5.32 Å². The average Bonchev–Trinajstić information content (AvgIpc) is 2.48. The third-order valence-corrected chi connectivity index (χ3v) is 3.10. The maximum atomic E-state index is 5.79. The zero-order valence-electron chi connectivity index (χ0n) is 13.8. The Morgan fingerprint density at radius 3 is 1.83 bits per heavy atom. The van der Waals surface area contributed by atoms with E-state index in [9.17, 15) is 0 Å². The minimum Gasteiger partial charge on any atom is -0.497 e. The van der Waals surface area contributed by atoms with Gasteiger partial charge in [-0.1, -0.05) is 0 Å². The third-order valence-electron chi connectivity index (χ3n) is 2.90. The van der Waals surface area contributed by atoms with Crippen LogP contribution in [0.4, 0.5) is 5.69 Å². The molecule has 2 aromatic rings. The summed E-state index contributed by atoms with van der Waals surface area (Å²) in [5.74, 6) is 2.32. The maximum Gasteiger partial charge on any atom is 0.171 e. The van der Waals surface area contributed by atoms with Crippen LogP contribution in [0.5, 0.6) is 17.2 Å². The normalized spacial score (nSPS) is 10.8. The first-order valence-corrected chi connectivity index (χ1v) is 7.78. The highest BCUT2D eigenvalue weighted by Gasteiger charge is 2.10. The summed E-state index contributed by atoms with van der Waals surface area (Å²) in [6.45, 7) is 6.19. The lowest BCUT2D eigenvalue weighted by molar-refractivity contribution is 0.413. The highest BCUT2D eigenvalue weighted by atomic mass is 32.1. The molecular formula is C18H22N2O2S. The molecule has 0 aliphatic carbocycles. The van der Waals surface area contributed by atoms with Gasteiger partial charge in [-0.15, -0.1) is 0 Å². The summed E-state index contributed by atoms with van der Waals surface area (Å²) in [7, 11) is 1.64. The summed E-state index contributed by atoms with van der Waals surface area (Å²) in [5.41, 5.74) is 0.843. The molecule has 2 aromatic carbocycles. The second-order valence-corrected chi connectivity index (χ2v) is 6.54. The molecular weight excluding hydrogens is 308 g/mol. The molecule has 23 heavy (non-hydrogen) atoms. The zero-order chi connectivity index (χ0) is 16.9. The van der Waals surface area contributed by atoms with Gasteiger partial charge in [0.05, 0.1) is 7.11 Å². The second kappa shape index (κ2) is 7.33. The number of methoxy groups -OCH3 is 1. The minimum atomic E-state index is -0.0680. The Kier molecular flexibility index (Phi) is 5.45. The van der Waals surface area contributed by atoms with E-state index in [1.807, 2.05) is 48.5 Å². The fourth-order valence-electron chi connectivity index (χ4n) is 1.89. The van der Waals surface area contributed by atoms with Gasteiger partial charge in [0.25, 0.3) is 0 Å². The summed E-state index contributed by atoms with van der Waals surface area (Å²) < 4.78 is 10.9. The first-order valence-electron chi connectivity index (χ1n) is 7.37. The molecule has 0 unspecified atom stereocenters. The van der Waals surface area contributed by atoms with Crippen LogP contribution >= 0.6 is 12.2 Å². The van der Waals surface area contributed by atoms with E-state index in [-0.39, 0.29) is 5.54 Å². The van der Waals surface area contributed by atoms with Crippen molar-refractivity contribution in [3.63, 3.8) is 0 Å². The van der Waals surface area contributed by atoms with Gasteiger partial charge in [-0.05, 0) is 81.5 Å². The lowest BCUT2D eigenvalue weighted by Crippen LogP contribution is -2.42. The van der Waals surface area contributed by atoms with E-state index in [1.54, 1.807) is 7.11 Å². The van der Waals surface area contributed by atoms with E-state index >= 15 is 0 Å². The largest absolute Gasteiger partial charge is 0.497 e. The van der Waals surface area contributed by atoms with Gasteiger partial charge in [0, 0.05) is 11.2 Å². The molecule has 0 saturated carbocycles.